The summed E-state index contributed by atoms with van der Waals surface area (Å²) in [5.74, 6) is 0.0284. The molecule has 1 saturated carbocycles. The molecule has 0 radical (unpaired) electrons. The van der Waals surface area contributed by atoms with Gasteiger partial charge in [-0.2, -0.15) is 0 Å². The van der Waals surface area contributed by atoms with E-state index in [9.17, 15) is 8.78 Å². The van der Waals surface area contributed by atoms with Crippen LogP contribution >= 0.6 is 0 Å². The van der Waals surface area contributed by atoms with E-state index in [-0.39, 0.29) is 0 Å². The van der Waals surface area contributed by atoms with E-state index < -0.39 is 11.6 Å². The Balaban J connectivity index is 2.14. The van der Waals surface area contributed by atoms with Crippen LogP contribution in [0, 0.1) is 18.6 Å². The van der Waals surface area contributed by atoms with Gasteiger partial charge in [0.1, 0.15) is 29.0 Å². The maximum atomic E-state index is 13.2. The summed E-state index contributed by atoms with van der Waals surface area (Å²) in [4.78, 5) is 4.33. The van der Waals surface area contributed by atoms with Gasteiger partial charge in [-0.3, -0.25) is 0 Å². The van der Waals surface area contributed by atoms with Crippen molar-refractivity contribution in [3.63, 3.8) is 0 Å². The highest BCUT2D eigenvalue weighted by Gasteiger charge is 2.28. The number of rotatable bonds is 2. The predicted octanol–water partition coefficient (Wildman–Crippen LogP) is 3.05. The van der Waals surface area contributed by atoms with Crippen LogP contribution in [0.3, 0.4) is 0 Å². The number of hydrogen-bond donors (Lipinski definition) is 1. The quantitative estimate of drug-likeness (QED) is 0.889. The summed E-state index contributed by atoms with van der Waals surface area (Å²) in [6, 6.07) is 3.73. The van der Waals surface area contributed by atoms with Gasteiger partial charge in [0.05, 0.1) is 0 Å². The number of hydrogen-bond acceptors (Lipinski definition) is 2. The van der Waals surface area contributed by atoms with E-state index in [1.54, 1.807) is 0 Å². The molecule has 94 valence electrons. The van der Waals surface area contributed by atoms with Crippen molar-refractivity contribution in [3.05, 3.63) is 35.7 Å². The lowest BCUT2D eigenvalue weighted by Crippen LogP contribution is -2.02. The fourth-order valence-corrected chi connectivity index (χ4v) is 2.26. The molecule has 5 heteroatoms. The Morgan fingerprint density at radius 2 is 1.83 bits per heavy atom. The Bertz CT molecular complexity index is 595. The monoisotopic (exact) mass is 249 g/mol. The van der Waals surface area contributed by atoms with Gasteiger partial charge in [0.25, 0.3) is 0 Å². The first-order valence-corrected chi connectivity index (χ1v) is 5.87. The van der Waals surface area contributed by atoms with Crippen molar-refractivity contribution in [2.75, 3.05) is 5.73 Å². The molecule has 1 fully saturated rings. The number of benzene rings is 1. The van der Waals surface area contributed by atoms with Gasteiger partial charge in [0.2, 0.25) is 0 Å². The van der Waals surface area contributed by atoms with Crippen LogP contribution in [0.1, 0.15) is 24.7 Å². The fourth-order valence-electron chi connectivity index (χ4n) is 2.26. The van der Waals surface area contributed by atoms with Crippen molar-refractivity contribution >= 4 is 5.82 Å². The van der Waals surface area contributed by atoms with E-state index in [1.165, 1.54) is 12.1 Å². The zero-order valence-electron chi connectivity index (χ0n) is 9.95. The molecule has 18 heavy (non-hydrogen) atoms. The molecule has 1 heterocycles. The second kappa shape index (κ2) is 3.80. The largest absolute Gasteiger partial charge is 0.383 e. The lowest BCUT2D eigenvalue weighted by atomic mass is 10.1. The van der Waals surface area contributed by atoms with Gasteiger partial charge < -0.3 is 10.3 Å². The van der Waals surface area contributed by atoms with Gasteiger partial charge in [0, 0.05) is 17.7 Å². The molecule has 3 nitrogen and oxygen atoms in total. The molecule has 1 aromatic carbocycles. The summed E-state index contributed by atoms with van der Waals surface area (Å²) in [5.41, 5.74) is 6.87. The van der Waals surface area contributed by atoms with E-state index >= 15 is 0 Å². The summed E-state index contributed by atoms with van der Waals surface area (Å²) in [7, 11) is 0. The fraction of sp³-hybridized carbons (Fsp3) is 0.308. The summed E-state index contributed by atoms with van der Waals surface area (Å²) >= 11 is 0. The van der Waals surface area contributed by atoms with Crippen LogP contribution < -0.4 is 5.73 Å². The molecule has 0 unspecified atom stereocenters. The van der Waals surface area contributed by atoms with Gasteiger partial charge in [-0.15, -0.1) is 0 Å². The number of nitrogens with two attached hydrogens (primary N) is 1. The van der Waals surface area contributed by atoms with E-state index in [2.05, 4.69) is 4.98 Å². The molecule has 1 aliphatic rings. The second-order valence-corrected chi connectivity index (χ2v) is 4.65. The smallest absolute Gasteiger partial charge is 0.131 e. The lowest BCUT2D eigenvalue weighted by Gasteiger charge is -2.05. The first-order chi connectivity index (χ1) is 8.56. The zero-order valence-corrected chi connectivity index (χ0v) is 9.95. The van der Waals surface area contributed by atoms with Gasteiger partial charge in [-0.05, 0) is 31.9 Å². The molecule has 0 bridgehead atoms. The highest BCUT2D eigenvalue weighted by atomic mass is 19.1. The Morgan fingerprint density at radius 3 is 2.39 bits per heavy atom. The molecule has 0 atom stereocenters. The first kappa shape index (κ1) is 11.2. The molecule has 2 N–H and O–H groups in total. The molecule has 3 rings (SSSR count). The summed E-state index contributed by atoms with van der Waals surface area (Å²) in [6.07, 6.45) is 2.16. The highest BCUT2D eigenvalue weighted by Crippen LogP contribution is 2.40. The summed E-state index contributed by atoms with van der Waals surface area (Å²) in [5, 5.41) is 0. The van der Waals surface area contributed by atoms with Crippen molar-refractivity contribution in [2.24, 2.45) is 0 Å². The van der Waals surface area contributed by atoms with E-state index in [0.29, 0.717) is 23.1 Å². The third kappa shape index (κ3) is 1.75. The molecule has 1 aromatic heterocycles. The van der Waals surface area contributed by atoms with Crippen LogP contribution in [-0.4, -0.2) is 9.55 Å². The molecule has 0 saturated heterocycles. The molecule has 2 aromatic rings. The number of halogens is 2. The number of imidazole rings is 1. The topological polar surface area (TPSA) is 43.8 Å². The Morgan fingerprint density at radius 1 is 1.22 bits per heavy atom. The van der Waals surface area contributed by atoms with Gasteiger partial charge in [-0.1, -0.05) is 0 Å². The minimum atomic E-state index is -0.622. The molecular weight excluding hydrogens is 236 g/mol. The number of nitrogens with zero attached hydrogens (tertiary/aromatic N) is 2. The van der Waals surface area contributed by atoms with Crippen LogP contribution in [-0.2, 0) is 0 Å². The Labute approximate surface area is 103 Å². The number of aryl methyl sites for hydroxylation is 1. The number of aromatic nitrogens is 2. The summed E-state index contributed by atoms with van der Waals surface area (Å²) in [6.45, 7) is 1.85. The van der Waals surface area contributed by atoms with Gasteiger partial charge >= 0.3 is 0 Å². The van der Waals surface area contributed by atoms with E-state index in [4.69, 9.17) is 5.73 Å². The first-order valence-electron chi connectivity index (χ1n) is 5.87. The van der Waals surface area contributed by atoms with Crippen molar-refractivity contribution in [1.29, 1.82) is 0 Å². The third-order valence-corrected chi connectivity index (χ3v) is 3.17. The average Bonchev–Trinajstić information content (AvgIpc) is 3.04. The minimum Gasteiger partial charge on any atom is -0.383 e. The van der Waals surface area contributed by atoms with E-state index in [0.717, 1.165) is 24.7 Å². The molecule has 0 aliphatic heterocycles. The molecule has 0 amide bonds. The van der Waals surface area contributed by atoms with Crippen molar-refractivity contribution in [2.45, 2.75) is 25.8 Å². The van der Waals surface area contributed by atoms with Crippen LogP contribution in [0.25, 0.3) is 11.3 Å². The standard InChI is InChI=1S/C13H13F2N3/c1-7-17-12(13(16)18(7)11-2-3-11)8-4-9(14)6-10(15)5-8/h4-6,11H,2-3,16H2,1H3. The van der Waals surface area contributed by atoms with Crippen LogP contribution in [0.4, 0.5) is 14.6 Å². The van der Waals surface area contributed by atoms with Gasteiger partial charge in [-0.25, -0.2) is 13.8 Å². The lowest BCUT2D eigenvalue weighted by molar-refractivity contribution is 0.584. The normalized spacial score (nSPS) is 15.1. The average molecular weight is 249 g/mol. The van der Waals surface area contributed by atoms with Crippen LogP contribution in [0.15, 0.2) is 18.2 Å². The zero-order chi connectivity index (χ0) is 12.9. The molecular formula is C13H13F2N3. The maximum absolute atomic E-state index is 13.2. The molecule has 1 aliphatic carbocycles. The van der Waals surface area contributed by atoms with Crippen molar-refractivity contribution < 1.29 is 8.78 Å². The molecule has 0 spiro atoms. The number of anilines is 1. The van der Waals surface area contributed by atoms with Crippen LogP contribution in [0.2, 0.25) is 0 Å². The Kier molecular flexibility index (Phi) is 2.36. The SMILES string of the molecule is Cc1nc(-c2cc(F)cc(F)c2)c(N)n1C1CC1. The summed E-state index contributed by atoms with van der Waals surface area (Å²) < 4.78 is 28.4. The van der Waals surface area contributed by atoms with Crippen molar-refractivity contribution in [1.82, 2.24) is 9.55 Å². The third-order valence-electron chi connectivity index (χ3n) is 3.17. The Hall–Kier alpha value is -1.91. The maximum Gasteiger partial charge on any atom is 0.131 e. The number of nitrogen functional groups attached to an aromatic ring is 1. The van der Waals surface area contributed by atoms with Crippen molar-refractivity contribution in [3.8, 4) is 11.3 Å². The predicted molar refractivity (Wildman–Crippen MR) is 65.0 cm³/mol. The van der Waals surface area contributed by atoms with Gasteiger partial charge in [0.15, 0.2) is 0 Å². The van der Waals surface area contributed by atoms with E-state index in [1.807, 2.05) is 11.5 Å². The highest BCUT2D eigenvalue weighted by molar-refractivity contribution is 5.71. The second-order valence-electron chi connectivity index (χ2n) is 4.65. The minimum absolute atomic E-state index is 0.382. The van der Waals surface area contributed by atoms with Crippen LogP contribution in [0.5, 0.6) is 0 Å².